The molecule has 0 saturated carbocycles. The highest BCUT2D eigenvalue weighted by Crippen LogP contribution is 2.18. The number of hydrogen-bond acceptors (Lipinski definition) is 4. The van der Waals surface area contributed by atoms with Crippen LogP contribution in [0.4, 0.5) is 5.82 Å². The van der Waals surface area contributed by atoms with Gasteiger partial charge in [0.2, 0.25) is 0 Å². The first kappa shape index (κ1) is 15.4. The summed E-state index contributed by atoms with van der Waals surface area (Å²) >= 11 is 0. The van der Waals surface area contributed by atoms with E-state index in [9.17, 15) is 4.79 Å². The monoisotopic (exact) mass is 264 g/mol. The Kier molecular flexibility index (Phi) is 5.76. The lowest BCUT2D eigenvalue weighted by atomic mass is 10.1. The molecule has 1 aromatic heterocycles. The second kappa shape index (κ2) is 7.09. The lowest BCUT2D eigenvalue weighted by Crippen LogP contribution is -2.19. The van der Waals surface area contributed by atoms with Crippen molar-refractivity contribution in [3.8, 4) is 0 Å². The highest BCUT2D eigenvalue weighted by molar-refractivity contribution is 5.99. The zero-order chi connectivity index (χ0) is 14.4. The summed E-state index contributed by atoms with van der Waals surface area (Å²) in [5, 5.41) is 3.20. The zero-order valence-corrected chi connectivity index (χ0v) is 12.0. The third kappa shape index (κ3) is 4.52. The molecular formula is C14H24N4O. The molecule has 0 bridgehead atoms. The molecule has 1 rings (SSSR count). The van der Waals surface area contributed by atoms with Crippen LogP contribution >= 0.6 is 0 Å². The Balaban J connectivity index is 2.69. The molecule has 5 N–H and O–H groups in total. The Morgan fingerprint density at radius 3 is 2.74 bits per heavy atom. The van der Waals surface area contributed by atoms with Crippen LogP contribution in [0, 0.1) is 19.8 Å². The molecule has 0 spiro atoms. The minimum Gasteiger partial charge on any atom is -0.369 e. The van der Waals surface area contributed by atoms with Crippen LogP contribution in [-0.4, -0.2) is 24.0 Å². The Labute approximate surface area is 114 Å². The molecule has 0 aliphatic heterocycles. The summed E-state index contributed by atoms with van der Waals surface area (Å²) < 4.78 is 0. The van der Waals surface area contributed by atoms with Gasteiger partial charge >= 0.3 is 0 Å². The van der Waals surface area contributed by atoms with E-state index < -0.39 is 5.91 Å². The summed E-state index contributed by atoms with van der Waals surface area (Å²) in [6, 6.07) is 1.86. The second-order valence-corrected chi connectivity index (χ2v) is 5.08. The average molecular weight is 264 g/mol. The van der Waals surface area contributed by atoms with E-state index in [1.54, 1.807) is 0 Å². The molecule has 5 heteroatoms. The van der Waals surface area contributed by atoms with Gasteiger partial charge in [0, 0.05) is 12.2 Å². The van der Waals surface area contributed by atoms with Crippen LogP contribution in [-0.2, 0) is 0 Å². The van der Waals surface area contributed by atoms with Gasteiger partial charge in [-0.25, -0.2) is 4.98 Å². The topological polar surface area (TPSA) is 94.0 Å². The first-order valence-corrected chi connectivity index (χ1v) is 6.67. The fraction of sp³-hybridized carbons (Fsp3) is 0.571. The average Bonchev–Trinajstić information content (AvgIpc) is 2.32. The number of aryl methyl sites for hydroxylation is 2. The van der Waals surface area contributed by atoms with Crippen molar-refractivity contribution >= 4 is 11.7 Å². The van der Waals surface area contributed by atoms with Crippen molar-refractivity contribution in [3.05, 3.63) is 22.9 Å². The molecule has 1 amide bonds. The molecule has 19 heavy (non-hydrogen) atoms. The third-order valence-corrected chi connectivity index (χ3v) is 3.16. The van der Waals surface area contributed by atoms with Crippen LogP contribution in [0.25, 0.3) is 0 Å². The number of rotatable bonds is 7. The van der Waals surface area contributed by atoms with Gasteiger partial charge in [0.1, 0.15) is 5.82 Å². The number of carbonyl (C=O) groups is 1. The summed E-state index contributed by atoms with van der Waals surface area (Å²) in [5.41, 5.74) is 13.2. The van der Waals surface area contributed by atoms with E-state index in [1.807, 2.05) is 19.9 Å². The Morgan fingerprint density at radius 1 is 1.47 bits per heavy atom. The standard InChI is InChI=1S/C14H24N4O/c1-9(8-15)5-4-6-17-14-12(13(16)19)10(2)7-11(3)18-14/h7,9H,4-6,8,15H2,1-3H3,(H2,16,19)(H,17,18). The van der Waals surface area contributed by atoms with Crippen LogP contribution in [0.15, 0.2) is 6.07 Å². The number of hydrogen-bond donors (Lipinski definition) is 3. The van der Waals surface area contributed by atoms with Crippen molar-refractivity contribution in [1.82, 2.24) is 4.98 Å². The summed E-state index contributed by atoms with van der Waals surface area (Å²) in [7, 11) is 0. The molecule has 1 heterocycles. The van der Waals surface area contributed by atoms with Gasteiger partial charge in [0.25, 0.3) is 5.91 Å². The van der Waals surface area contributed by atoms with Crippen molar-refractivity contribution in [2.75, 3.05) is 18.4 Å². The fourth-order valence-corrected chi connectivity index (χ4v) is 2.05. The lowest BCUT2D eigenvalue weighted by Gasteiger charge is -2.13. The van der Waals surface area contributed by atoms with E-state index in [0.29, 0.717) is 23.8 Å². The van der Waals surface area contributed by atoms with Gasteiger partial charge in [-0.15, -0.1) is 0 Å². The van der Waals surface area contributed by atoms with Crippen LogP contribution in [0.1, 0.15) is 41.4 Å². The summed E-state index contributed by atoms with van der Waals surface area (Å²) in [4.78, 5) is 15.8. The molecule has 0 aromatic carbocycles. The largest absolute Gasteiger partial charge is 0.369 e. The molecule has 1 atom stereocenters. The van der Waals surface area contributed by atoms with Crippen molar-refractivity contribution in [2.45, 2.75) is 33.6 Å². The lowest BCUT2D eigenvalue weighted by molar-refractivity contribution is 0.1000. The smallest absolute Gasteiger partial charge is 0.252 e. The minimum absolute atomic E-state index is 0.442. The van der Waals surface area contributed by atoms with Crippen LogP contribution in [0.5, 0.6) is 0 Å². The number of pyridine rings is 1. The normalized spacial score (nSPS) is 12.2. The van der Waals surface area contributed by atoms with Gasteiger partial charge in [-0.05, 0) is 50.8 Å². The molecule has 106 valence electrons. The van der Waals surface area contributed by atoms with Crippen LogP contribution in [0.2, 0.25) is 0 Å². The summed E-state index contributed by atoms with van der Waals surface area (Å²) in [6.45, 7) is 7.37. The second-order valence-electron chi connectivity index (χ2n) is 5.08. The first-order valence-electron chi connectivity index (χ1n) is 6.67. The number of nitrogens with one attached hydrogen (secondary N) is 1. The maximum absolute atomic E-state index is 11.5. The highest BCUT2D eigenvalue weighted by Gasteiger charge is 2.13. The van der Waals surface area contributed by atoms with E-state index in [2.05, 4.69) is 17.2 Å². The van der Waals surface area contributed by atoms with E-state index >= 15 is 0 Å². The number of nitrogens with zero attached hydrogens (tertiary/aromatic N) is 1. The predicted molar refractivity (Wildman–Crippen MR) is 78.2 cm³/mol. The van der Waals surface area contributed by atoms with Crippen LogP contribution in [0.3, 0.4) is 0 Å². The SMILES string of the molecule is Cc1cc(C)c(C(N)=O)c(NCCCC(C)CN)n1. The van der Waals surface area contributed by atoms with E-state index in [0.717, 1.165) is 30.6 Å². The molecule has 0 saturated heterocycles. The number of aromatic nitrogens is 1. The van der Waals surface area contributed by atoms with Gasteiger partial charge in [-0.1, -0.05) is 6.92 Å². The molecule has 0 fully saturated rings. The molecule has 5 nitrogen and oxygen atoms in total. The van der Waals surface area contributed by atoms with Gasteiger partial charge in [0.15, 0.2) is 0 Å². The highest BCUT2D eigenvalue weighted by atomic mass is 16.1. The number of anilines is 1. The molecule has 0 aliphatic carbocycles. The number of amides is 1. The number of carbonyl (C=O) groups excluding carboxylic acids is 1. The quantitative estimate of drug-likeness (QED) is 0.652. The minimum atomic E-state index is -0.442. The molecule has 1 aromatic rings. The third-order valence-electron chi connectivity index (χ3n) is 3.16. The fourth-order valence-electron chi connectivity index (χ4n) is 2.05. The van der Waals surface area contributed by atoms with Crippen molar-refractivity contribution in [3.63, 3.8) is 0 Å². The summed E-state index contributed by atoms with van der Waals surface area (Å²) in [6.07, 6.45) is 2.05. The number of nitrogens with two attached hydrogens (primary N) is 2. The van der Waals surface area contributed by atoms with Gasteiger partial charge in [-0.3, -0.25) is 4.79 Å². The molecule has 1 unspecified atom stereocenters. The van der Waals surface area contributed by atoms with Crippen LogP contribution < -0.4 is 16.8 Å². The maximum Gasteiger partial charge on any atom is 0.252 e. The van der Waals surface area contributed by atoms with Gasteiger partial charge < -0.3 is 16.8 Å². The van der Waals surface area contributed by atoms with E-state index in [-0.39, 0.29) is 0 Å². The van der Waals surface area contributed by atoms with E-state index in [4.69, 9.17) is 11.5 Å². The zero-order valence-electron chi connectivity index (χ0n) is 12.0. The number of primary amides is 1. The first-order chi connectivity index (χ1) is 8.95. The Morgan fingerprint density at radius 2 is 2.16 bits per heavy atom. The molecule has 0 aliphatic rings. The van der Waals surface area contributed by atoms with Crippen molar-refractivity contribution in [1.29, 1.82) is 0 Å². The molecule has 0 radical (unpaired) electrons. The maximum atomic E-state index is 11.5. The molecular weight excluding hydrogens is 240 g/mol. The van der Waals surface area contributed by atoms with Crippen molar-refractivity contribution < 1.29 is 4.79 Å². The predicted octanol–water partition coefficient (Wildman–Crippen LogP) is 1.58. The Bertz CT molecular complexity index is 445. The Hall–Kier alpha value is -1.62. The summed E-state index contributed by atoms with van der Waals surface area (Å²) in [5.74, 6) is 0.665. The van der Waals surface area contributed by atoms with E-state index in [1.165, 1.54) is 0 Å². The van der Waals surface area contributed by atoms with Crippen molar-refractivity contribution in [2.24, 2.45) is 17.4 Å². The van der Waals surface area contributed by atoms with Gasteiger partial charge in [0.05, 0.1) is 5.56 Å². The van der Waals surface area contributed by atoms with Gasteiger partial charge in [-0.2, -0.15) is 0 Å².